The molecule has 0 fully saturated rings. The molecule has 2 aliphatic heterocycles. The highest BCUT2D eigenvalue weighted by Crippen LogP contribution is 2.34. The lowest BCUT2D eigenvalue weighted by Gasteiger charge is -2.31. The summed E-state index contributed by atoms with van der Waals surface area (Å²) in [6.07, 6.45) is 2.91. The fourth-order valence-electron chi connectivity index (χ4n) is 4.95. The summed E-state index contributed by atoms with van der Waals surface area (Å²) in [7, 11) is -3.16. The Morgan fingerprint density at radius 1 is 1.26 bits per heavy atom. The summed E-state index contributed by atoms with van der Waals surface area (Å²) in [4.78, 5) is 23.3. The van der Waals surface area contributed by atoms with Crippen LogP contribution in [-0.4, -0.2) is 30.8 Å². The fourth-order valence-corrected chi connectivity index (χ4v) is 6.78. The number of amidine groups is 1. The fraction of sp³-hybridized carbons (Fsp3) is 0.500. The number of fused-ring (bicyclic) bond motifs is 2. The minimum Gasteiger partial charge on any atom is -0.336 e. The van der Waals surface area contributed by atoms with Crippen molar-refractivity contribution in [2.24, 2.45) is 22.7 Å². The number of nitrogens with zero attached hydrogens (tertiary/aromatic N) is 2. The molecule has 0 saturated heterocycles. The number of aryl methyl sites for hydroxylation is 2. The maximum Gasteiger partial charge on any atom is 0.200 e. The van der Waals surface area contributed by atoms with E-state index in [1.165, 1.54) is 0 Å². The van der Waals surface area contributed by atoms with Crippen LogP contribution >= 0.6 is 11.6 Å². The number of aliphatic imine (C=N–C) groups is 1. The molecule has 0 saturated carbocycles. The second kappa shape index (κ2) is 9.78. The minimum absolute atomic E-state index is 0.00677. The average molecular weight is 502 g/mol. The summed E-state index contributed by atoms with van der Waals surface area (Å²) in [6, 6.07) is 7.33. The molecular formula is C26H32ClN3O3S. The Hall–Kier alpha value is -2.25. The maximum atomic E-state index is 13.5. The summed E-state index contributed by atoms with van der Waals surface area (Å²) < 4.78 is 24.3. The van der Waals surface area contributed by atoms with Gasteiger partial charge in [-0.05, 0) is 59.9 Å². The van der Waals surface area contributed by atoms with Crippen molar-refractivity contribution in [1.82, 2.24) is 4.98 Å². The lowest BCUT2D eigenvalue weighted by atomic mass is 9.76. The maximum absolute atomic E-state index is 13.5. The summed E-state index contributed by atoms with van der Waals surface area (Å²) in [5.41, 5.74) is 4.29. The lowest BCUT2D eigenvalue weighted by molar-refractivity contribution is -0.118. The normalized spacial score (nSPS) is 23.6. The predicted molar refractivity (Wildman–Crippen MR) is 136 cm³/mol. The van der Waals surface area contributed by atoms with Crippen molar-refractivity contribution < 1.29 is 13.2 Å². The molecule has 6 nitrogen and oxygen atoms in total. The molecule has 0 bridgehead atoms. The van der Waals surface area contributed by atoms with Crippen LogP contribution in [0.1, 0.15) is 56.5 Å². The molecule has 2 aliphatic rings. The van der Waals surface area contributed by atoms with Gasteiger partial charge in [-0.15, -0.1) is 0 Å². The number of sulfone groups is 1. The van der Waals surface area contributed by atoms with Gasteiger partial charge in [-0.1, -0.05) is 57.8 Å². The number of ketones is 1. The number of carbonyl (C=O) groups excluding carboxylic acids is 1. The summed E-state index contributed by atoms with van der Waals surface area (Å²) >= 11 is 6.45. The van der Waals surface area contributed by atoms with Crippen molar-refractivity contribution in [2.75, 3.05) is 11.1 Å². The molecule has 1 aromatic carbocycles. The molecule has 3 heterocycles. The van der Waals surface area contributed by atoms with Crippen molar-refractivity contribution >= 4 is 38.7 Å². The third-order valence-corrected chi connectivity index (χ3v) is 9.51. The van der Waals surface area contributed by atoms with Crippen LogP contribution in [0.3, 0.4) is 0 Å². The largest absolute Gasteiger partial charge is 0.336 e. The van der Waals surface area contributed by atoms with Gasteiger partial charge in [0.05, 0.1) is 28.6 Å². The molecule has 2 aromatic rings. The molecule has 182 valence electrons. The number of nitrogens with one attached hydrogen (secondary N) is 1. The van der Waals surface area contributed by atoms with Crippen LogP contribution in [0, 0.1) is 17.8 Å². The van der Waals surface area contributed by atoms with E-state index in [1.807, 2.05) is 26.0 Å². The van der Waals surface area contributed by atoms with Gasteiger partial charge in [0.25, 0.3) is 0 Å². The first-order chi connectivity index (χ1) is 16.1. The molecule has 0 radical (unpaired) electrons. The Bertz CT molecular complexity index is 1260. The van der Waals surface area contributed by atoms with Gasteiger partial charge < -0.3 is 5.32 Å². The molecule has 0 spiro atoms. The van der Waals surface area contributed by atoms with E-state index in [2.05, 4.69) is 19.2 Å². The van der Waals surface area contributed by atoms with Gasteiger partial charge in [0, 0.05) is 5.92 Å². The van der Waals surface area contributed by atoms with E-state index in [-0.39, 0.29) is 23.4 Å². The van der Waals surface area contributed by atoms with E-state index >= 15 is 0 Å². The van der Waals surface area contributed by atoms with Gasteiger partial charge in [-0.2, -0.15) is 0 Å². The quantitative estimate of drug-likeness (QED) is 0.578. The standard InChI is InChI=1S/C26H32ClN3O3S/c1-5-15(3)20-13-22-21(12-18(6-2)25(27)29-22)30-26(24(31)16(20)4)28-14-17-7-8-23-19(11-17)9-10-34(23,32)33/h7-8,11-12,15-16,20H,5-6,9-10,13-14H2,1-4H3,(H,28,30). The van der Waals surface area contributed by atoms with Crippen LogP contribution in [-0.2, 0) is 40.4 Å². The molecule has 0 amide bonds. The monoisotopic (exact) mass is 501 g/mol. The highest BCUT2D eigenvalue weighted by molar-refractivity contribution is 7.91. The van der Waals surface area contributed by atoms with E-state index in [4.69, 9.17) is 21.6 Å². The van der Waals surface area contributed by atoms with Crippen molar-refractivity contribution in [3.63, 3.8) is 0 Å². The SMILES string of the molecule is CCc1cc2c(nc1Cl)CC(C(C)CC)C(C)C(=O)C(=NCc1ccc3c(c1)CCS3(=O)=O)N2. The summed E-state index contributed by atoms with van der Waals surface area (Å²) in [5, 5.41) is 3.79. The number of carbonyl (C=O) groups is 1. The van der Waals surface area contributed by atoms with E-state index in [9.17, 15) is 13.2 Å². The first-order valence-corrected chi connectivity index (χ1v) is 14.1. The van der Waals surface area contributed by atoms with Gasteiger partial charge in [0.1, 0.15) is 5.15 Å². The highest BCUT2D eigenvalue weighted by Gasteiger charge is 2.34. The van der Waals surface area contributed by atoms with Crippen molar-refractivity contribution in [3.05, 3.63) is 51.8 Å². The Kier molecular flexibility index (Phi) is 7.15. The molecule has 1 aromatic heterocycles. The van der Waals surface area contributed by atoms with Crippen molar-refractivity contribution in [1.29, 1.82) is 0 Å². The second-order valence-electron chi connectivity index (χ2n) is 9.49. The van der Waals surface area contributed by atoms with Gasteiger partial charge in [0.15, 0.2) is 15.7 Å². The topological polar surface area (TPSA) is 88.5 Å². The van der Waals surface area contributed by atoms with E-state index in [1.54, 1.807) is 12.1 Å². The van der Waals surface area contributed by atoms with E-state index < -0.39 is 9.84 Å². The Morgan fingerprint density at radius 3 is 2.74 bits per heavy atom. The smallest absolute Gasteiger partial charge is 0.200 e. The minimum atomic E-state index is -3.16. The molecule has 1 N–H and O–H groups in total. The molecule has 34 heavy (non-hydrogen) atoms. The van der Waals surface area contributed by atoms with Gasteiger partial charge in [-0.3, -0.25) is 9.79 Å². The first-order valence-electron chi connectivity index (χ1n) is 12.0. The number of pyridine rings is 1. The van der Waals surface area contributed by atoms with Crippen LogP contribution in [0.25, 0.3) is 0 Å². The van der Waals surface area contributed by atoms with Crippen LogP contribution in [0.5, 0.6) is 0 Å². The number of benzene rings is 1. The molecule has 3 atom stereocenters. The number of halogens is 1. The zero-order valence-corrected chi connectivity index (χ0v) is 21.8. The average Bonchev–Trinajstić information content (AvgIpc) is 3.12. The van der Waals surface area contributed by atoms with Crippen LogP contribution in [0.15, 0.2) is 34.2 Å². The third kappa shape index (κ3) is 4.78. The van der Waals surface area contributed by atoms with Gasteiger partial charge >= 0.3 is 0 Å². The number of hydrogen-bond donors (Lipinski definition) is 1. The van der Waals surface area contributed by atoms with Crippen LogP contribution in [0.2, 0.25) is 5.15 Å². The van der Waals surface area contributed by atoms with E-state index in [0.29, 0.717) is 41.2 Å². The van der Waals surface area contributed by atoms with Crippen LogP contribution < -0.4 is 5.32 Å². The van der Waals surface area contributed by atoms with Gasteiger partial charge in [-0.25, -0.2) is 13.4 Å². The Balaban J connectivity index is 1.71. The van der Waals surface area contributed by atoms with Crippen molar-refractivity contribution in [3.8, 4) is 0 Å². The van der Waals surface area contributed by atoms with Crippen molar-refractivity contribution in [2.45, 2.75) is 64.8 Å². The number of anilines is 1. The van der Waals surface area contributed by atoms with E-state index in [0.717, 1.165) is 40.9 Å². The first kappa shape index (κ1) is 24.9. The lowest BCUT2D eigenvalue weighted by Crippen LogP contribution is -2.38. The Morgan fingerprint density at radius 2 is 2.03 bits per heavy atom. The number of hydrogen-bond acceptors (Lipinski definition) is 5. The molecular weight excluding hydrogens is 470 g/mol. The number of rotatable bonds is 5. The predicted octanol–water partition coefficient (Wildman–Crippen LogP) is 5.06. The number of aromatic nitrogens is 1. The van der Waals surface area contributed by atoms with Gasteiger partial charge in [0.2, 0.25) is 5.78 Å². The highest BCUT2D eigenvalue weighted by atomic mass is 35.5. The third-order valence-electron chi connectivity index (χ3n) is 7.37. The molecule has 0 aliphatic carbocycles. The molecule has 3 unspecified atom stereocenters. The zero-order chi connectivity index (χ0) is 24.6. The second-order valence-corrected chi connectivity index (χ2v) is 11.9. The Labute approximate surface area is 207 Å². The molecule has 8 heteroatoms. The molecule has 4 rings (SSSR count). The zero-order valence-electron chi connectivity index (χ0n) is 20.2. The summed E-state index contributed by atoms with van der Waals surface area (Å²) in [6.45, 7) is 8.61. The van der Waals surface area contributed by atoms with Crippen LogP contribution in [0.4, 0.5) is 5.69 Å². The number of Topliss-reactive ketones (excluding diaryl/α,β-unsaturated/α-hetero) is 1. The summed E-state index contributed by atoms with van der Waals surface area (Å²) in [5.74, 6) is 0.724.